The highest BCUT2D eigenvalue weighted by atomic mass is 16.2. The Kier molecular flexibility index (Phi) is 4.89. The molecule has 0 spiro atoms. The summed E-state index contributed by atoms with van der Waals surface area (Å²) in [4.78, 5) is 24.0. The summed E-state index contributed by atoms with van der Waals surface area (Å²) in [7, 11) is 1.57. The topological polar surface area (TPSA) is 76.0 Å². The van der Waals surface area contributed by atoms with Gasteiger partial charge in [0, 0.05) is 36.3 Å². The lowest BCUT2D eigenvalue weighted by atomic mass is 10.1. The lowest BCUT2D eigenvalue weighted by Crippen LogP contribution is -2.18. The normalized spacial score (nSPS) is 10.3. The van der Waals surface area contributed by atoms with Gasteiger partial charge in [-0.05, 0) is 42.0 Å². The molecule has 1 aromatic heterocycles. The maximum atomic E-state index is 12.4. The molecule has 2 aromatic carbocycles. The Morgan fingerprint density at radius 2 is 1.80 bits per heavy atom. The van der Waals surface area contributed by atoms with Crippen LogP contribution in [0.1, 0.15) is 26.3 Å². The van der Waals surface area contributed by atoms with Crippen LogP contribution in [0.2, 0.25) is 0 Å². The van der Waals surface area contributed by atoms with Crippen molar-refractivity contribution in [3.63, 3.8) is 0 Å². The smallest absolute Gasteiger partial charge is 0.255 e. The fourth-order valence-electron chi connectivity index (χ4n) is 2.43. The summed E-state index contributed by atoms with van der Waals surface area (Å²) >= 11 is 0. The van der Waals surface area contributed by atoms with Gasteiger partial charge in [0.05, 0.1) is 6.54 Å². The number of nitrogens with one attached hydrogen (secondary N) is 2. The van der Waals surface area contributed by atoms with Crippen molar-refractivity contribution in [3.05, 3.63) is 83.7 Å². The van der Waals surface area contributed by atoms with Crippen LogP contribution in [0.4, 0.5) is 5.69 Å². The van der Waals surface area contributed by atoms with Gasteiger partial charge in [0.2, 0.25) is 0 Å². The molecule has 0 aliphatic heterocycles. The van der Waals surface area contributed by atoms with Crippen molar-refractivity contribution in [2.24, 2.45) is 0 Å². The van der Waals surface area contributed by atoms with Crippen LogP contribution >= 0.6 is 0 Å². The molecular weight excluding hydrogens is 316 g/mol. The van der Waals surface area contributed by atoms with Gasteiger partial charge in [-0.25, -0.2) is 0 Å². The highest BCUT2D eigenvalue weighted by molar-refractivity contribution is 6.05. The molecule has 1 heterocycles. The molecule has 25 heavy (non-hydrogen) atoms. The van der Waals surface area contributed by atoms with Crippen molar-refractivity contribution >= 4 is 17.5 Å². The van der Waals surface area contributed by atoms with Crippen molar-refractivity contribution in [2.45, 2.75) is 6.54 Å². The van der Waals surface area contributed by atoms with E-state index in [9.17, 15) is 9.59 Å². The third-order valence-electron chi connectivity index (χ3n) is 3.73. The standard InChI is InChI=1S/C19H18N4O2/c1-20-18(24)16-4-2-5-17(12-16)22-19(25)15-8-6-14(7-9-15)13-23-11-3-10-21-23/h2-12H,13H2,1H3,(H,20,24)(H,22,25). The molecule has 3 aromatic rings. The summed E-state index contributed by atoms with van der Waals surface area (Å²) in [5.41, 5.74) is 2.68. The number of nitrogens with zero attached hydrogens (tertiary/aromatic N) is 2. The summed E-state index contributed by atoms with van der Waals surface area (Å²) in [6.07, 6.45) is 3.62. The molecule has 0 radical (unpaired) electrons. The van der Waals surface area contributed by atoms with Gasteiger partial charge in [-0.3, -0.25) is 14.3 Å². The Hall–Kier alpha value is -3.41. The van der Waals surface area contributed by atoms with E-state index < -0.39 is 0 Å². The maximum Gasteiger partial charge on any atom is 0.255 e. The van der Waals surface area contributed by atoms with Crippen molar-refractivity contribution in [1.29, 1.82) is 0 Å². The van der Waals surface area contributed by atoms with E-state index in [1.807, 2.05) is 29.1 Å². The Morgan fingerprint density at radius 1 is 1.00 bits per heavy atom. The number of aromatic nitrogens is 2. The third-order valence-corrected chi connectivity index (χ3v) is 3.73. The van der Waals surface area contributed by atoms with Crippen LogP contribution in [-0.4, -0.2) is 28.6 Å². The van der Waals surface area contributed by atoms with Gasteiger partial charge in [0.1, 0.15) is 0 Å². The summed E-state index contributed by atoms with van der Waals surface area (Å²) in [6, 6.07) is 16.0. The van der Waals surface area contributed by atoms with Gasteiger partial charge in [0.15, 0.2) is 0 Å². The molecule has 6 nitrogen and oxygen atoms in total. The fourth-order valence-corrected chi connectivity index (χ4v) is 2.43. The van der Waals surface area contributed by atoms with Gasteiger partial charge >= 0.3 is 0 Å². The Bertz CT molecular complexity index is 871. The van der Waals surface area contributed by atoms with Crippen LogP contribution in [0.3, 0.4) is 0 Å². The summed E-state index contributed by atoms with van der Waals surface area (Å²) in [6.45, 7) is 0.656. The predicted octanol–water partition coefficient (Wildman–Crippen LogP) is 2.54. The maximum absolute atomic E-state index is 12.4. The van der Waals surface area contributed by atoms with E-state index in [4.69, 9.17) is 0 Å². The zero-order chi connectivity index (χ0) is 17.6. The number of anilines is 1. The minimum absolute atomic E-state index is 0.195. The quantitative estimate of drug-likeness (QED) is 0.753. The number of carbonyl (C=O) groups excluding carboxylic acids is 2. The van der Waals surface area contributed by atoms with Crippen LogP contribution in [0, 0.1) is 0 Å². The summed E-state index contributed by atoms with van der Waals surface area (Å²) in [5.74, 6) is -0.418. The molecule has 0 unspecified atom stereocenters. The second-order valence-electron chi connectivity index (χ2n) is 5.51. The summed E-state index contributed by atoms with van der Waals surface area (Å²) < 4.78 is 1.82. The monoisotopic (exact) mass is 334 g/mol. The largest absolute Gasteiger partial charge is 0.355 e. The molecule has 2 amide bonds. The van der Waals surface area contributed by atoms with Crippen molar-refractivity contribution in [3.8, 4) is 0 Å². The van der Waals surface area contributed by atoms with E-state index in [1.165, 1.54) is 0 Å². The van der Waals surface area contributed by atoms with Gasteiger partial charge in [-0.1, -0.05) is 18.2 Å². The van der Waals surface area contributed by atoms with E-state index in [0.717, 1.165) is 5.56 Å². The van der Waals surface area contributed by atoms with E-state index in [2.05, 4.69) is 15.7 Å². The minimum atomic E-state index is -0.223. The number of hydrogen-bond donors (Lipinski definition) is 2. The number of amides is 2. The molecule has 0 fully saturated rings. The molecule has 126 valence electrons. The second kappa shape index (κ2) is 7.44. The highest BCUT2D eigenvalue weighted by Gasteiger charge is 2.08. The van der Waals surface area contributed by atoms with Crippen LogP contribution < -0.4 is 10.6 Å². The van der Waals surface area contributed by atoms with E-state index in [0.29, 0.717) is 23.4 Å². The Morgan fingerprint density at radius 3 is 2.48 bits per heavy atom. The SMILES string of the molecule is CNC(=O)c1cccc(NC(=O)c2ccc(Cn3cccn3)cc2)c1. The average molecular weight is 334 g/mol. The van der Waals surface area contributed by atoms with Gasteiger partial charge in [0.25, 0.3) is 11.8 Å². The van der Waals surface area contributed by atoms with Crippen LogP contribution in [-0.2, 0) is 6.54 Å². The van der Waals surface area contributed by atoms with Gasteiger partial charge < -0.3 is 10.6 Å². The first-order chi connectivity index (χ1) is 12.2. The number of rotatable bonds is 5. The minimum Gasteiger partial charge on any atom is -0.355 e. The van der Waals surface area contributed by atoms with E-state index in [-0.39, 0.29) is 11.8 Å². The molecule has 3 rings (SSSR count). The van der Waals surface area contributed by atoms with Gasteiger partial charge in [-0.2, -0.15) is 5.10 Å². The Balaban J connectivity index is 1.68. The molecule has 0 saturated carbocycles. The first kappa shape index (κ1) is 16.4. The molecule has 6 heteroatoms. The second-order valence-corrected chi connectivity index (χ2v) is 5.51. The molecule has 0 aliphatic carbocycles. The lowest BCUT2D eigenvalue weighted by molar-refractivity contribution is 0.0961. The average Bonchev–Trinajstić information content (AvgIpc) is 3.15. The number of hydrogen-bond acceptors (Lipinski definition) is 3. The van der Waals surface area contributed by atoms with Crippen molar-refractivity contribution < 1.29 is 9.59 Å². The van der Waals surface area contributed by atoms with Crippen LogP contribution in [0.15, 0.2) is 67.0 Å². The molecule has 0 atom stereocenters. The molecule has 0 aliphatic rings. The first-order valence-corrected chi connectivity index (χ1v) is 7.85. The van der Waals surface area contributed by atoms with Crippen LogP contribution in [0.25, 0.3) is 0 Å². The molecular formula is C19H18N4O2. The van der Waals surface area contributed by atoms with Crippen LogP contribution in [0.5, 0.6) is 0 Å². The Labute approximate surface area is 145 Å². The lowest BCUT2D eigenvalue weighted by Gasteiger charge is -2.08. The van der Waals surface area contributed by atoms with E-state index >= 15 is 0 Å². The number of carbonyl (C=O) groups is 2. The van der Waals surface area contributed by atoms with E-state index in [1.54, 1.807) is 49.6 Å². The predicted molar refractivity (Wildman–Crippen MR) is 95.6 cm³/mol. The third kappa shape index (κ3) is 4.11. The summed E-state index contributed by atoms with van der Waals surface area (Å²) in [5, 5.41) is 9.52. The number of benzene rings is 2. The molecule has 0 bridgehead atoms. The van der Waals surface area contributed by atoms with Crippen molar-refractivity contribution in [1.82, 2.24) is 15.1 Å². The first-order valence-electron chi connectivity index (χ1n) is 7.85. The highest BCUT2D eigenvalue weighted by Crippen LogP contribution is 2.13. The molecule has 2 N–H and O–H groups in total. The molecule has 0 saturated heterocycles. The van der Waals surface area contributed by atoms with Gasteiger partial charge in [-0.15, -0.1) is 0 Å². The zero-order valence-electron chi connectivity index (χ0n) is 13.8. The fraction of sp³-hybridized carbons (Fsp3) is 0.105. The zero-order valence-corrected chi connectivity index (χ0v) is 13.8. The van der Waals surface area contributed by atoms with Crippen molar-refractivity contribution in [2.75, 3.05) is 12.4 Å².